The summed E-state index contributed by atoms with van der Waals surface area (Å²) in [6.07, 6.45) is 1.33. The van der Waals surface area contributed by atoms with Gasteiger partial charge in [0.1, 0.15) is 6.04 Å². The molecule has 1 heterocycles. The average molecular weight is 229 g/mol. The van der Waals surface area contributed by atoms with Crippen LogP contribution in [0.4, 0.5) is 0 Å². The Bertz CT molecular complexity index is 270. The minimum Gasteiger partial charge on any atom is -0.480 e. The Hall–Kier alpha value is -1.14. The topological polar surface area (TPSA) is 110 Å². The van der Waals surface area contributed by atoms with E-state index in [-0.39, 0.29) is 18.7 Å². The van der Waals surface area contributed by atoms with Crippen LogP contribution in [0.5, 0.6) is 0 Å². The van der Waals surface area contributed by atoms with E-state index in [2.05, 4.69) is 0 Å². The summed E-state index contributed by atoms with van der Waals surface area (Å²) in [7, 11) is 0. The van der Waals surface area contributed by atoms with E-state index < -0.39 is 12.0 Å². The van der Waals surface area contributed by atoms with Gasteiger partial charge >= 0.3 is 5.97 Å². The highest BCUT2D eigenvalue weighted by molar-refractivity contribution is 5.78. The molecule has 0 aromatic rings. The molecule has 0 spiro atoms. The lowest BCUT2D eigenvalue weighted by atomic mass is 10.1. The number of carboxylic acid groups (broad SMARTS) is 1. The molecule has 0 saturated carbocycles. The molecule has 1 aliphatic heterocycles. The van der Waals surface area contributed by atoms with Crippen LogP contribution in [0.25, 0.3) is 0 Å². The molecule has 6 nitrogen and oxygen atoms in total. The van der Waals surface area contributed by atoms with Gasteiger partial charge < -0.3 is 21.5 Å². The molecule has 0 radical (unpaired) electrons. The number of nitrogens with two attached hydrogens (primary N) is 2. The molecule has 1 fully saturated rings. The quantitative estimate of drug-likeness (QED) is 0.559. The second-order valence-corrected chi connectivity index (χ2v) is 4.21. The molecule has 92 valence electrons. The lowest BCUT2D eigenvalue weighted by Crippen LogP contribution is -2.34. The van der Waals surface area contributed by atoms with Gasteiger partial charge in [0.15, 0.2) is 0 Å². The van der Waals surface area contributed by atoms with Gasteiger partial charge in [0.25, 0.3) is 0 Å². The van der Waals surface area contributed by atoms with Gasteiger partial charge in [0, 0.05) is 19.5 Å². The molecule has 1 rings (SSSR count). The van der Waals surface area contributed by atoms with Gasteiger partial charge in [-0.25, -0.2) is 0 Å². The van der Waals surface area contributed by atoms with Gasteiger partial charge in [-0.15, -0.1) is 0 Å². The molecule has 5 N–H and O–H groups in total. The van der Waals surface area contributed by atoms with E-state index in [0.29, 0.717) is 19.0 Å². The highest BCUT2D eigenvalue weighted by Crippen LogP contribution is 2.16. The summed E-state index contributed by atoms with van der Waals surface area (Å²) >= 11 is 0. The van der Waals surface area contributed by atoms with E-state index in [9.17, 15) is 9.59 Å². The van der Waals surface area contributed by atoms with Crippen molar-refractivity contribution in [1.29, 1.82) is 0 Å². The van der Waals surface area contributed by atoms with Gasteiger partial charge in [-0.05, 0) is 25.3 Å². The molecule has 1 saturated heterocycles. The third-order valence-electron chi connectivity index (χ3n) is 2.96. The first-order valence-corrected chi connectivity index (χ1v) is 5.50. The van der Waals surface area contributed by atoms with E-state index in [0.717, 1.165) is 13.0 Å². The van der Waals surface area contributed by atoms with E-state index >= 15 is 0 Å². The molecule has 16 heavy (non-hydrogen) atoms. The third-order valence-corrected chi connectivity index (χ3v) is 2.96. The van der Waals surface area contributed by atoms with Crippen LogP contribution in [0, 0.1) is 5.92 Å². The maximum atomic E-state index is 11.7. The molecule has 1 amide bonds. The smallest absolute Gasteiger partial charge is 0.320 e. The molecule has 6 heteroatoms. The molecule has 0 aliphatic carbocycles. The van der Waals surface area contributed by atoms with Crippen molar-refractivity contribution in [2.45, 2.75) is 25.3 Å². The van der Waals surface area contributed by atoms with Crippen molar-refractivity contribution in [3.8, 4) is 0 Å². The maximum absolute atomic E-state index is 11.7. The van der Waals surface area contributed by atoms with Crippen molar-refractivity contribution in [2.75, 3.05) is 19.6 Å². The Morgan fingerprint density at radius 2 is 2.19 bits per heavy atom. The van der Waals surface area contributed by atoms with Crippen LogP contribution in [0.2, 0.25) is 0 Å². The third kappa shape index (κ3) is 3.46. The van der Waals surface area contributed by atoms with Crippen LogP contribution < -0.4 is 11.5 Å². The van der Waals surface area contributed by atoms with Gasteiger partial charge in [0.2, 0.25) is 5.91 Å². The number of hydrogen-bond donors (Lipinski definition) is 3. The number of carboxylic acids is 1. The Labute approximate surface area is 94.6 Å². The summed E-state index contributed by atoms with van der Waals surface area (Å²) in [6, 6.07) is -0.947. The fraction of sp³-hybridized carbons (Fsp3) is 0.800. The van der Waals surface area contributed by atoms with Gasteiger partial charge in [-0.3, -0.25) is 9.59 Å². The molecule has 2 atom stereocenters. The van der Waals surface area contributed by atoms with Crippen molar-refractivity contribution >= 4 is 11.9 Å². The number of likely N-dealkylation sites (tertiary alicyclic amines) is 1. The van der Waals surface area contributed by atoms with Crippen LogP contribution >= 0.6 is 0 Å². The summed E-state index contributed by atoms with van der Waals surface area (Å²) in [5, 5.41) is 8.57. The monoisotopic (exact) mass is 229 g/mol. The Morgan fingerprint density at radius 3 is 2.69 bits per heavy atom. The first kappa shape index (κ1) is 12.9. The lowest BCUT2D eigenvalue weighted by molar-refractivity contribution is -0.139. The molecule has 1 unspecified atom stereocenters. The Morgan fingerprint density at radius 1 is 1.50 bits per heavy atom. The minimum atomic E-state index is -1.06. The highest BCUT2D eigenvalue weighted by atomic mass is 16.4. The fourth-order valence-corrected chi connectivity index (χ4v) is 1.81. The number of rotatable bonds is 5. The molecule has 1 aliphatic rings. The summed E-state index contributed by atoms with van der Waals surface area (Å²) in [5.74, 6) is -0.696. The molecule has 0 aromatic heterocycles. The Balaban J connectivity index is 2.28. The number of amides is 1. The zero-order chi connectivity index (χ0) is 12.1. The number of carbonyl (C=O) groups is 2. The first-order valence-electron chi connectivity index (χ1n) is 5.50. The lowest BCUT2D eigenvalue weighted by Gasteiger charge is -2.16. The predicted molar refractivity (Wildman–Crippen MR) is 58.6 cm³/mol. The van der Waals surface area contributed by atoms with E-state index in [4.69, 9.17) is 16.6 Å². The maximum Gasteiger partial charge on any atom is 0.320 e. The summed E-state index contributed by atoms with van der Waals surface area (Å²) in [5.41, 5.74) is 10.8. The van der Waals surface area contributed by atoms with Crippen LogP contribution in [-0.4, -0.2) is 47.6 Å². The largest absolute Gasteiger partial charge is 0.480 e. The second-order valence-electron chi connectivity index (χ2n) is 4.21. The van der Waals surface area contributed by atoms with Crippen molar-refractivity contribution < 1.29 is 14.7 Å². The van der Waals surface area contributed by atoms with Crippen molar-refractivity contribution in [1.82, 2.24) is 4.90 Å². The average Bonchev–Trinajstić information content (AvgIpc) is 2.73. The van der Waals surface area contributed by atoms with Crippen molar-refractivity contribution in [2.24, 2.45) is 17.4 Å². The van der Waals surface area contributed by atoms with Gasteiger partial charge in [-0.1, -0.05) is 0 Å². The molecule has 0 bridgehead atoms. The van der Waals surface area contributed by atoms with Crippen LogP contribution in [0.15, 0.2) is 0 Å². The van der Waals surface area contributed by atoms with Crippen LogP contribution in [0.1, 0.15) is 19.3 Å². The molecular formula is C10H19N3O3. The van der Waals surface area contributed by atoms with Crippen LogP contribution in [-0.2, 0) is 9.59 Å². The first-order chi connectivity index (χ1) is 7.54. The summed E-state index contributed by atoms with van der Waals surface area (Å²) < 4.78 is 0. The number of carbonyl (C=O) groups excluding carboxylic acids is 1. The second kappa shape index (κ2) is 5.81. The van der Waals surface area contributed by atoms with Crippen molar-refractivity contribution in [3.05, 3.63) is 0 Å². The minimum absolute atomic E-state index is 0.0207. The normalized spacial score (nSPS) is 22.1. The number of nitrogens with zero attached hydrogens (tertiary/aromatic N) is 1. The van der Waals surface area contributed by atoms with E-state index in [1.165, 1.54) is 0 Å². The zero-order valence-electron chi connectivity index (χ0n) is 9.26. The Kier molecular flexibility index (Phi) is 4.70. The standard InChI is InChI=1S/C10H19N3O3/c11-5-7-3-4-13(6-7)9(14)2-1-8(12)10(15)16/h7-8H,1-6,11-12H2,(H,15,16)/t7?,8-/m0/s1. The number of hydrogen-bond acceptors (Lipinski definition) is 4. The SMILES string of the molecule is NCC1CCN(C(=O)CC[C@H](N)C(=O)O)C1. The van der Waals surface area contributed by atoms with Crippen LogP contribution in [0.3, 0.4) is 0 Å². The van der Waals surface area contributed by atoms with Crippen molar-refractivity contribution in [3.63, 3.8) is 0 Å². The van der Waals surface area contributed by atoms with Gasteiger partial charge in [-0.2, -0.15) is 0 Å². The van der Waals surface area contributed by atoms with Gasteiger partial charge in [0.05, 0.1) is 0 Å². The highest BCUT2D eigenvalue weighted by Gasteiger charge is 2.25. The predicted octanol–water partition coefficient (Wildman–Crippen LogP) is -1.01. The van der Waals surface area contributed by atoms with E-state index in [1.807, 2.05) is 0 Å². The fourth-order valence-electron chi connectivity index (χ4n) is 1.81. The zero-order valence-corrected chi connectivity index (χ0v) is 9.26. The summed E-state index contributed by atoms with van der Waals surface area (Å²) in [4.78, 5) is 23.9. The van der Waals surface area contributed by atoms with E-state index in [1.54, 1.807) is 4.90 Å². The number of aliphatic carboxylic acids is 1. The molecular weight excluding hydrogens is 210 g/mol. The molecule has 0 aromatic carbocycles. The summed E-state index contributed by atoms with van der Waals surface area (Å²) in [6.45, 7) is 2.01.